The van der Waals surface area contributed by atoms with Crippen LogP contribution in [0.5, 0.6) is 0 Å². The van der Waals surface area contributed by atoms with Gasteiger partial charge in [-0.15, -0.1) is 0 Å². The summed E-state index contributed by atoms with van der Waals surface area (Å²) in [6.45, 7) is 10.2. The Bertz CT molecular complexity index is 284. The average Bonchev–Trinajstić information content (AvgIpc) is 2.21. The van der Waals surface area contributed by atoms with Crippen LogP contribution in [0, 0.1) is 6.92 Å². The van der Waals surface area contributed by atoms with E-state index in [1.165, 1.54) is 5.69 Å². The van der Waals surface area contributed by atoms with E-state index in [0.29, 0.717) is 0 Å². The van der Waals surface area contributed by atoms with Crippen molar-refractivity contribution in [3.8, 4) is 0 Å². The Balaban J connectivity index is 2.05. The normalized spacial score (nSPS) is 18.6. The lowest BCUT2D eigenvalue weighted by molar-refractivity contribution is 0.313. The minimum absolute atomic E-state index is 0.836. The van der Waals surface area contributed by atoms with Gasteiger partial charge in [-0.2, -0.15) is 0 Å². The van der Waals surface area contributed by atoms with Crippen LogP contribution >= 0.6 is 0 Å². The molecule has 1 aliphatic rings. The van der Waals surface area contributed by atoms with Crippen molar-refractivity contribution < 1.29 is 0 Å². The summed E-state index contributed by atoms with van der Waals surface area (Å²) in [6, 6.07) is 8.13. The highest BCUT2D eigenvalue weighted by molar-refractivity contribution is 5.48. The van der Waals surface area contributed by atoms with Crippen LogP contribution in [-0.4, -0.2) is 38.1 Å². The van der Waals surface area contributed by atoms with Crippen LogP contribution in [0.3, 0.4) is 0 Å². The number of rotatable bonds is 1. The molecule has 1 fully saturated rings. The molecular weight excluding hydrogens is 172 g/mol. The maximum absolute atomic E-state index is 5.65. The van der Waals surface area contributed by atoms with Gasteiger partial charge in [0.2, 0.25) is 0 Å². The molecule has 2 nitrogen and oxygen atoms in total. The molecule has 2 radical (unpaired) electrons. The van der Waals surface area contributed by atoms with Crippen LogP contribution in [0.1, 0.15) is 5.56 Å². The molecule has 0 N–H and O–H groups in total. The third-order valence-electron chi connectivity index (χ3n) is 2.76. The fraction of sp³-hybridized carbons (Fsp3) is 0.417. The Morgan fingerprint density at radius 1 is 1.00 bits per heavy atom. The lowest BCUT2D eigenvalue weighted by Gasteiger charge is -2.34. The maximum atomic E-state index is 5.65. The van der Waals surface area contributed by atoms with Crippen molar-refractivity contribution in [3.63, 3.8) is 0 Å². The fourth-order valence-corrected chi connectivity index (χ4v) is 1.75. The minimum Gasteiger partial charge on any atom is -0.369 e. The van der Waals surface area contributed by atoms with E-state index in [-0.39, 0.29) is 0 Å². The van der Waals surface area contributed by atoms with Gasteiger partial charge in [0.25, 0.3) is 0 Å². The third-order valence-corrected chi connectivity index (χ3v) is 2.76. The first-order valence-electron chi connectivity index (χ1n) is 5.05. The highest BCUT2D eigenvalue weighted by atomic mass is 15.2. The molecule has 0 aliphatic carbocycles. The second kappa shape index (κ2) is 4.01. The van der Waals surface area contributed by atoms with Gasteiger partial charge in [0.1, 0.15) is 0 Å². The number of anilines is 1. The van der Waals surface area contributed by atoms with E-state index >= 15 is 0 Å². The molecule has 1 aromatic carbocycles. The summed E-state index contributed by atoms with van der Waals surface area (Å²) >= 11 is 0. The molecule has 0 spiro atoms. The Morgan fingerprint density at radius 3 is 2.14 bits per heavy atom. The minimum atomic E-state index is 0.836. The molecule has 2 heteroatoms. The van der Waals surface area contributed by atoms with E-state index in [9.17, 15) is 0 Å². The summed E-state index contributed by atoms with van der Waals surface area (Å²) in [6.07, 6.45) is 0. The number of piperazine rings is 1. The topological polar surface area (TPSA) is 6.48 Å². The van der Waals surface area contributed by atoms with Crippen LogP contribution in [-0.2, 0) is 0 Å². The molecule has 14 heavy (non-hydrogen) atoms. The smallest absolute Gasteiger partial charge is 0.0367 e. The van der Waals surface area contributed by atoms with Crippen molar-refractivity contribution in [2.24, 2.45) is 0 Å². The summed E-state index contributed by atoms with van der Waals surface area (Å²) in [5, 5.41) is 0. The van der Waals surface area contributed by atoms with E-state index < -0.39 is 0 Å². The molecule has 0 aromatic heterocycles. The second-order valence-corrected chi connectivity index (χ2v) is 3.88. The highest BCUT2D eigenvalue weighted by Crippen LogP contribution is 2.16. The molecule has 1 heterocycles. The van der Waals surface area contributed by atoms with E-state index in [0.717, 1.165) is 31.7 Å². The molecule has 0 atom stereocenters. The highest BCUT2D eigenvalue weighted by Gasteiger charge is 2.13. The van der Waals surface area contributed by atoms with Gasteiger partial charge in [0.05, 0.1) is 0 Å². The van der Waals surface area contributed by atoms with Gasteiger partial charge >= 0.3 is 0 Å². The lowest BCUT2D eigenvalue weighted by Crippen LogP contribution is -2.44. The van der Waals surface area contributed by atoms with Crippen LogP contribution < -0.4 is 4.90 Å². The standard InChI is InChI=1S/C12H16N2/c1-11-3-5-12(6-4-11)14-9-7-13(2)8-10-14/h1,3-6H,7-10H2,2H3. The molecule has 1 saturated heterocycles. The molecule has 0 unspecified atom stereocenters. The largest absolute Gasteiger partial charge is 0.369 e. The Kier molecular flexibility index (Phi) is 2.73. The summed E-state index contributed by atoms with van der Waals surface area (Å²) in [5.41, 5.74) is 2.12. The van der Waals surface area contributed by atoms with Gasteiger partial charge in [-0.25, -0.2) is 0 Å². The van der Waals surface area contributed by atoms with Crippen molar-refractivity contribution in [1.82, 2.24) is 4.90 Å². The molecule has 0 saturated carbocycles. The SMILES string of the molecule is [CH]c1ccc(N2CCN(C)CC2)cc1. The summed E-state index contributed by atoms with van der Waals surface area (Å²) in [4.78, 5) is 4.76. The monoisotopic (exact) mass is 188 g/mol. The summed E-state index contributed by atoms with van der Waals surface area (Å²) < 4.78 is 0. The first-order valence-corrected chi connectivity index (χ1v) is 5.05. The summed E-state index contributed by atoms with van der Waals surface area (Å²) in [5.74, 6) is 0. The zero-order valence-electron chi connectivity index (χ0n) is 8.61. The van der Waals surface area contributed by atoms with Gasteiger partial charge < -0.3 is 9.80 Å². The molecule has 1 aliphatic heterocycles. The molecule has 0 amide bonds. The van der Waals surface area contributed by atoms with Gasteiger partial charge in [-0.1, -0.05) is 12.1 Å². The van der Waals surface area contributed by atoms with Crippen molar-refractivity contribution in [2.45, 2.75) is 0 Å². The van der Waals surface area contributed by atoms with Crippen LogP contribution in [0.2, 0.25) is 0 Å². The van der Waals surface area contributed by atoms with Gasteiger partial charge in [0, 0.05) is 31.9 Å². The maximum Gasteiger partial charge on any atom is 0.0367 e. The average molecular weight is 188 g/mol. The number of likely N-dealkylation sites (N-methyl/N-ethyl adjacent to an activating group) is 1. The van der Waals surface area contributed by atoms with E-state index in [2.05, 4.69) is 29.0 Å². The van der Waals surface area contributed by atoms with Crippen molar-refractivity contribution in [3.05, 3.63) is 36.8 Å². The number of benzene rings is 1. The molecule has 2 rings (SSSR count). The lowest BCUT2D eigenvalue weighted by atomic mass is 10.2. The van der Waals surface area contributed by atoms with Gasteiger partial charge in [-0.3, -0.25) is 0 Å². The predicted octanol–water partition coefficient (Wildman–Crippen LogP) is 1.50. The van der Waals surface area contributed by atoms with Crippen LogP contribution in [0.25, 0.3) is 0 Å². The Labute approximate surface area is 86.1 Å². The summed E-state index contributed by atoms with van der Waals surface area (Å²) in [7, 11) is 2.17. The van der Waals surface area contributed by atoms with Crippen LogP contribution in [0.4, 0.5) is 5.69 Å². The zero-order valence-corrected chi connectivity index (χ0v) is 8.61. The van der Waals surface area contributed by atoms with E-state index in [1.807, 2.05) is 12.1 Å². The van der Waals surface area contributed by atoms with Crippen LogP contribution in [0.15, 0.2) is 24.3 Å². The van der Waals surface area contributed by atoms with Crippen molar-refractivity contribution in [2.75, 3.05) is 38.1 Å². The molecule has 0 bridgehead atoms. The Hall–Kier alpha value is -1.02. The number of nitrogens with zero attached hydrogens (tertiary/aromatic N) is 2. The quantitative estimate of drug-likeness (QED) is 0.659. The van der Waals surface area contributed by atoms with Gasteiger partial charge in [0.15, 0.2) is 0 Å². The Morgan fingerprint density at radius 2 is 1.57 bits per heavy atom. The van der Waals surface area contributed by atoms with E-state index in [1.54, 1.807) is 0 Å². The van der Waals surface area contributed by atoms with E-state index in [4.69, 9.17) is 6.92 Å². The van der Waals surface area contributed by atoms with Crippen molar-refractivity contribution in [1.29, 1.82) is 0 Å². The van der Waals surface area contributed by atoms with Gasteiger partial charge in [-0.05, 0) is 31.7 Å². The predicted molar refractivity (Wildman–Crippen MR) is 59.6 cm³/mol. The zero-order chi connectivity index (χ0) is 9.97. The third kappa shape index (κ3) is 2.07. The molecule has 1 aromatic rings. The first kappa shape index (κ1) is 9.53. The fourth-order valence-electron chi connectivity index (χ4n) is 1.75. The molecule has 74 valence electrons. The van der Waals surface area contributed by atoms with Crippen molar-refractivity contribution >= 4 is 5.69 Å². The second-order valence-electron chi connectivity index (χ2n) is 3.88. The first-order chi connectivity index (χ1) is 6.75. The number of hydrogen-bond acceptors (Lipinski definition) is 2. The number of hydrogen-bond donors (Lipinski definition) is 0. The molecular formula is C12H16N2.